The molecule has 1 aliphatic carbocycles. The number of benzene rings is 1. The minimum absolute atomic E-state index is 0.108. The summed E-state index contributed by atoms with van der Waals surface area (Å²) in [7, 11) is 0. The molecule has 1 unspecified atom stereocenters. The van der Waals surface area contributed by atoms with Gasteiger partial charge in [0.15, 0.2) is 35.0 Å². The largest absolute Gasteiger partial charge is 0.480 e. The van der Waals surface area contributed by atoms with Crippen LogP contribution in [0.15, 0.2) is 11.1 Å². The van der Waals surface area contributed by atoms with Gasteiger partial charge in [-0.15, -0.1) is 0 Å². The molecule has 9 heteroatoms. The van der Waals surface area contributed by atoms with Gasteiger partial charge in [-0.3, -0.25) is 14.6 Å². The lowest BCUT2D eigenvalue weighted by Crippen LogP contribution is -2.31. The first-order chi connectivity index (χ1) is 11.7. The number of aliphatic hydroxyl groups excluding tert-OH is 1. The smallest absolute Gasteiger partial charge is 0.319 e. The van der Waals surface area contributed by atoms with E-state index in [4.69, 9.17) is 5.11 Å². The van der Waals surface area contributed by atoms with Gasteiger partial charge in [0.2, 0.25) is 0 Å². The fourth-order valence-electron chi connectivity index (χ4n) is 2.76. The molecule has 5 nitrogen and oxygen atoms in total. The maximum atomic E-state index is 13.7. The molecule has 0 saturated heterocycles. The molecule has 1 atom stereocenters. The predicted octanol–water partition coefficient (Wildman–Crippen LogP) is 2.50. The van der Waals surface area contributed by atoms with Crippen molar-refractivity contribution in [2.45, 2.75) is 31.2 Å². The topological polar surface area (TPSA) is 87.0 Å². The van der Waals surface area contributed by atoms with E-state index in [1.165, 1.54) is 0 Å². The molecule has 1 aromatic rings. The molecule has 0 amide bonds. The van der Waals surface area contributed by atoms with E-state index in [1.807, 2.05) is 0 Å². The van der Waals surface area contributed by atoms with Gasteiger partial charge in [0.05, 0.1) is 17.7 Å². The van der Waals surface area contributed by atoms with Crippen LogP contribution in [0.1, 0.15) is 36.0 Å². The van der Waals surface area contributed by atoms with E-state index in [1.54, 1.807) is 0 Å². The van der Waals surface area contributed by atoms with Crippen molar-refractivity contribution < 1.29 is 37.4 Å². The molecule has 0 aliphatic heterocycles. The summed E-state index contributed by atoms with van der Waals surface area (Å²) in [5, 5.41) is 18.6. The van der Waals surface area contributed by atoms with Gasteiger partial charge in [-0.25, -0.2) is 17.6 Å². The maximum absolute atomic E-state index is 13.7. The molecule has 1 saturated carbocycles. The minimum Gasteiger partial charge on any atom is -0.480 e. The number of Topliss-reactive ketones (excluding diaryl/α,β-unsaturated/α-hetero) is 1. The Morgan fingerprint density at radius 3 is 2.28 bits per heavy atom. The van der Waals surface area contributed by atoms with Gasteiger partial charge in [0, 0.05) is 6.21 Å². The number of carboxylic acids is 1. The van der Waals surface area contributed by atoms with Crippen LogP contribution in [0.3, 0.4) is 0 Å². The first kappa shape index (κ1) is 19.0. The lowest BCUT2D eigenvalue weighted by Gasteiger charge is -2.21. The number of carbonyl (C=O) groups excluding carboxylic acids is 1. The first-order valence-electron chi connectivity index (χ1n) is 7.48. The average molecular weight is 361 g/mol. The van der Waals surface area contributed by atoms with E-state index in [2.05, 4.69) is 4.99 Å². The van der Waals surface area contributed by atoms with Gasteiger partial charge < -0.3 is 10.2 Å². The predicted molar refractivity (Wildman–Crippen MR) is 78.5 cm³/mol. The SMILES string of the molecule is O=C(O)C(C=NC1(CO)CCCC1)C(=O)c1cc(F)c(F)c(F)c1F. The maximum Gasteiger partial charge on any atom is 0.319 e. The Morgan fingerprint density at radius 1 is 1.16 bits per heavy atom. The molecule has 2 N–H and O–H groups in total. The number of nitrogens with zero attached hydrogens (tertiary/aromatic N) is 1. The highest BCUT2D eigenvalue weighted by molar-refractivity contribution is 6.18. The zero-order valence-corrected chi connectivity index (χ0v) is 12.9. The van der Waals surface area contributed by atoms with Crippen LogP contribution in [0.25, 0.3) is 0 Å². The second-order valence-electron chi connectivity index (χ2n) is 5.90. The highest BCUT2D eigenvalue weighted by Gasteiger charge is 2.35. The molecule has 1 aliphatic rings. The summed E-state index contributed by atoms with van der Waals surface area (Å²) in [5.74, 6) is -13.3. The molecule has 1 fully saturated rings. The molecular formula is C16H15F4NO4. The molecule has 136 valence electrons. The zero-order chi connectivity index (χ0) is 18.8. The first-order valence-corrected chi connectivity index (χ1v) is 7.48. The van der Waals surface area contributed by atoms with E-state index in [0.29, 0.717) is 12.8 Å². The van der Waals surface area contributed by atoms with Crippen LogP contribution in [0.4, 0.5) is 17.6 Å². The van der Waals surface area contributed by atoms with Crippen molar-refractivity contribution in [2.75, 3.05) is 6.61 Å². The standard InChI is InChI=1S/C16H15F4NO4/c17-10-5-8(11(18)13(20)12(10)19)14(23)9(15(24)25)6-21-16(7-22)3-1-2-4-16/h5-6,9,22H,1-4,7H2,(H,24,25). The van der Waals surface area contributed by atoms with Crippen molar-refractivity contribution in [3.63, 3.8) is 0 Å². The number of rotatable bonds is 6. The number of aliphatic imine (C=N–C) groups is 1. The number of carboxylic acid groups (broad SMARTS) is 1. The second kappa shape index (κ2) is 7.30. The molecule has 25 heavy (non-hydrogen) atoms. The normalized spacial score (nSPS) is 17.8. The number of hydrogen-bond donors (Lipinski definition) is 2. The lowest BCUT2D eigenvalue weighted by atomic mass is 9.96. The molecule has 0 aromatic heterocycles. The van der Waals surface area contributed by atoms with E-state index < -0.39 is 52.0 Å². The van der Waals surface area contributed by atoms with Gasteiger partial charge in [-0.1, -0.05) is 12.8 Å². The fraction of sp³-hybridized carbons (Fsp3) is 0.438. The number of aliphatic hydroxyl groups is 1. The highest BCUT2D eigenvalue weighted by atomic mass is 19.2. The Morgan fingerprint density at radius 2 is 1.76 bits per heavy atom. The monoisotopic (exact) mass is 361 g/mol. The van der Waals surface area contributed by atoms with Crippen molar-refractivity contribution in [1.82, 2.24) is 0 Å². The molecule has 1 aromatic carbocycles. The van der Waals surface area contributed by atoms with E-state index in [0.717, 1.165) is 19.1 Å². The molecular weight excluding hydrogens is 346 g/mol. The number of carbonyl (C=O) groups is 2. The number of aliphatic carboxylic acids is 1. The summed E-state index contributed by atoms with van der Waals surface area (Å²) in [6.45, 7) is -0.363. The minimum atomic E-state index is -2.20. The third kappa shape index (κ3) is 3.71. The summed E-state index contributed by atoms with van der Waals surface area (Å²) < 4.78 is 53.2. The van der Waals surface area contributed by atoms with E-state index in [-0.39, 0.29) is 12.7 Å². The summed E-state index contributed by atoms with van der Waals surface area (Å²) in [6.07, 6.45) is 3.20. The van der Waals surface area contributed by atoms with E-state index in [9.17, 15) is 32.3 Å². The van der Waals surface area contributed by atoms with Crippen LogP contribution < -0.4 is 0 Å². The number of halogens is 4. The Kier molecular flexibility index (Phi) is 5.56. The van der Waals surface area contributed by atoms with Gasteiger partial charge >= 0.3 is 5.97 Å². The Bertz CT molecular complexity index is 729. The number of hydrogen-bond acceptors (Lipinski definition) is 4. The van der Waals surface area contributed by atoms with Gasteiger partial charge in [0.25, 0.3) is 0 Å². The summed E-state index contributed by atoms with van der Waals surface area (Å²) in [5.41, 5.74) is -2.15. The van der Waals surface area contributed by atoms with Crippen LogP contribution in [-0.4, -0.2) is 40.3 Å². The highest BCUT2D eigenvalue weighted by Crippen LogP contribution is 2.33. The quantitative estimate of drug-likeness (QED) is 0.204. The molecule has 0 heterocycles. The third-order valence-electron chi connectivity index (χ3n) is 4.24. The second-order valence-corrected chi connectivity index (χ2v) is 5.90. The Balaban J connectivity index is 2.38. The van der Waals surface area contributed by atoms with Gasteiger partial charge in [-0.2, -0.15) is 0 Å². The van der Waals surface area contributed by atoms with Crippen LogP contribution in [0, 0.1) is 29.2 Å². The van der Waals surface area contributed by atoms with Crippen LogP contribution >= 0.6 is 0 Å². The zero-order valence-electron chi connectivity index (χ0n) is 12.9. The van der Waals surface area contributed by atoms with Crippen LogP contribution in [-0.2, 0) is 4.79 Å². The van der Waals surface area contributed by atoms with E-state index >= 15 is 0 Å². The number of ketones is 1. The Hall–Kier alpha value is -2.29. The lowest BCUT2D eigenvalue weighted by molar-refractivity contribution is -0.137. The fourth-order valence-corrected chi connectivity index (χ4v) is 2.76. The van der Waals surface area contributed by atoms with Crippen LogP contribution in [0.5, 0.6) is 0 Å². The molecule has 0 bridgehead atoms. The summed E-state index contributed by atoms with van der Waals surface area (Å²) in [6, 6.07) is 0.108. The van der Waals surface area contributed by atoms with Crippen LogP contribution in [0.2, 0.25) is 0 Å². The van der Waals surface area contributed by atoms with Crippen molar-refractivity contribution in [2.24, 2.45) is 10.9 Å². The summed E-state index contributed by atoms with van der Waals surface area (Å²) >= 11 is 0. The van der Waals surface area contributed by atoms with Crippen molar-refractivity contribution >= 4 is 18.0 Å². The Labute approximate surface area is 140 Å². The third-order valence-corrected chi connectivity index (χ3v) is 4.24. The molecule has 0 radical (unpaired) electrons. The van der Waals surface area contributed by atoms with Crippen molar-refractivity contribution in [3.8, 4) is 0 Å². The van der Waals surface area contributed by atoms with Crippen molar-refractivity contribution in [3.05, 3.63) is 34.9 Å². The molecule has 0 spiro atoms. The van der Waals surface area contributed by atoms with Gasteiger partial charge in [-0.05, 0) is 18.9 Å². The average Bonchev–Trinajstić information content (AvgIpc) is 3.05. The molecule has 2 rings (SSSR count). The summed E-state index contributed by atoms with van der Waals surface area (Å²) in [4.78, 5) is 27.5. The van der Waals surface area contributed by atoms with Gasteiger partial charge in [0.1, 0.15) is 0 Å². The van der Waals surface area contributed by atoms with Crippen molar-refractivity contribution in [1.29, 1.82) is 0 Å².